The van der Waals surface area contributed by atoms with E-state index < -0.39 is 10.3 Å². The lowest BCUT2D eigenvalue weighted by Crippen LogP contribution is -2.03. The fraction of sp³-hybridized carbons (Fsp3) is 0. The zero-order valence-electron chi connectivity index (χ0n) is 6.66. The third kappa shape index (κ3) is 3.14. The summed E-state index contributed by atoms with van der Waals surface area (Å²) in [7, 11) is -4.23. The molecule has 0 aliphatic carbocycles. The first-order chi connectivity index (χ1) is 6.53. The largest absolute Gasteiger partial charge is 0.403 e. The minimum absolute atomic E-state index is 0.0294. The van der Waals surface area contributed by atoms with Crippen LogP contribution in [0.1, 0.15) is 0 Å². The lowest BCUT2D eigenvalue weighted by molar-refractivity contribution is 0.487. The van der Waals surface area contributed by atoms with Crippen LogP contribution in [0, 0.1) is 0 Å². The molecule has 0 N–H and O–H groups in total. The first kappa shape index (κ1) is 10.6. The van der Waals surface area contributed by atoms with Crippen LogP contribution in [-0.2, 0) is 10.3 Å². The summed E-state index contributed by atoms with van der Waals surface area (Å²) in [6.45, 7) is 0. The zero-order chi connectivity index (χ0) is 10.6. The highest BCUT2D eigenvalue weighted by atomic mass is 35.5. The van der Waals surface area contributed by atoms with E-state index in [0.717, 1.165) is 0 Å². The summed E-state index contributed by atoms with van der Waals surface area (Å²) in [6.07, 6.45) is 0. The van der Waals surface area contributed by atoms with Crippen LogP contribution in [0.25, 0.3) is 10.4 Å². The summed E-state index contributed by atoms with van der Waals surface area (Å²) < 4.78 is 28.5. The molecule has 0 saturated heterocycles. The van der Waals surface area contributed by atoms with E-state index in [2.05, 4.69) is 13.6 Å². The molecule has 74 valence electrons. The summed E-state index contributed by atoms with van der Waals surface area (Å²) in [5.41, 5.74) is 7.90. The second-order valence-corrected chi connectivity index (χ2v) is 3.76. The molecule has 1 rings (SSSR count). The predicted molar refractivity (Wildman–Crippen MR) is 50.1 cm³/mol. The molecule has 1 aromatic rings. The summed E-state index contributed by atoms with van der Waals surface area (Å²) in [5.74, 6) is 0.0294. The number of benzene rings is 1. The molecule has 0 bridgehead atoms. The molecule has 0 radical (unpaired) electrons. The standard InChI is InChI=1S/C6H4ClN3O3S/c7-5-1-3-6(4-2-5)13-14(11,12)10-9-8/h1-4H. The first-order valence-electron chi connectivity index (χ1n) is 3.30. The van der Waals surface area contributed by atoms with Crippen LogP contribution in [0.3, 0.4) is 0 Å². The van der Waals surface area contributed by atoms with Crippen molar-refractivity contribution in [1.82, 2.24) is 0 Å². The monoisotopic (exact) mass is 233 g/mol. The third-order valence-electron chi connectivity index (χ3n) is 1.15. The van der Waals surface area contributed by atoms with E-state index in [1.54, 1.807) is 0 Å². The third-order valence-corrected chi connectivity index (χ3v) is 2.08. The molecule has 6 nitrogen and oxygen atoms in total. The van der Waals surface area contributed by atoms with Crippen LogP contribution in [0.4, 0.5) is 0 Å². The molecule has 14 heavy (non-hydrogen) atoms. The number of hydrogen-bond acceptors (Lipinski definition) is 3. The van der Waals surface area contributed by atoms with Gasteiger partial charge in [0.05, 0.1) is 4.52 Å². The molecule has 0 atom stereocenters. The van der Waals surface area contributed by atoms with E-state index in [0.29, 0.717) is 5.02 Å². The molecule has 0 aliphatic rings. The van der Waals surface area contributed by atoms with Crippen molar-refractivity contribution < 1.29 is 12.6 Å². The van der Waals surface area contributed by atoms with Crippen molar-refractivity contribution >= 4 is 21.9 Å². The van der Waals surface area contributed by atoms with Crippen molar-refractivity contribution in [2.75, 3.05) is 0 Å². The molecular weight excluding hydrogens is 230 g/mol. The summed E-state index contributed by atoms with van der Waals surface area (Å²) in [5, 5.41) is 0.443. The molecular formula is C6H4ClN3O3S. The van der Waals surface area contributed by atoms with Gasteiger partial charge in [0.2, 0.25) is 0 Å². The predicted octanol–water partition coefficient (Wildman–Crippen LogP) is 2.27. The van der Waals surface area contributed by atoms with Gasteiger partial charge in [-0.3, -0.25) is 0 Å². The quantitative estimate of drug-likeness (QED) is 0.455. The topological polar surface area (TPSA) is 92.1 Å². The van der Waals surface area contributed by atoms with E-state index in [-0.39, 0.29) is 5.75 Å². The minimum atomic E-state index is -4.23. The van der Waals surface area contributed by atoms with Crippen LogP contribution in [0.15, 0.2) is 28.8 Å². The fourth-order valence-electron chi connectivity index (χ4n) is 0.673. The molecule has 1 aromatic carbocycles. The summed E-state index contributed by atoms with van der Waals surface area (Å²) >= 11 is 5.56. The Morgan fingerprint density at radius 3 is 2.43 bits per heavy atom. The molecule has 0 unspecified atom stereocenters. The van der Waals surface area contributed by atoms with Gasteiger partial charge in [-0.2, -0.15) is 8.42 Å². The SMILES string of the molecule is [N-]=[N+]=NS(=O)(=O)Oc1ccc(Cl)cc1. The van der Waals surface area contributed by atoms with Crippen LogP contribution in [0.5, 0.6) is 5.75 Å². The highest BCUT2D eigenvalue weighted by Crippen LogP contribution is 2.17. The minimum Gasteiger partial charge on any atom is -0.377 e. The Balaban J connectivity index is 2.90. The average molecular weight is 234 g/mol. The van der Waals surface area contributed by atoms with E-state index in [4.69, 9.17) is 17.1 Å². The number of rotatable bonds is 3. The Kier molecular flexibility index (Phi) is 3.19. The van der Waals surface area contributed by atoms with Gasteiger partial charge in [0.15, 0.2) is 0 Å². The Hall–Kier alpha value is -1.43. The second kappa shape index (κ2) is 4.19. The Morgan fingerprint density at radius 1 is 1.36 bits per heavy atom. The average Bonchev–Trinajstić information content (AvgIpc) is 2.08. The van der Waals surface area contributed by atoms with Gasteiger partial charge in [0.1, 0.15) is 5.75 Å². The normalized spacial score (nSPS) is 10.4. The summed E-state index contributed by atoms with van der Waals surface area (Å²) in [4.78, 5) is 2.11. The molecule has 0 aromatic heterocycles. The van der Waals surface area contributed by atoms with Gasteiger partial charge in [-0.1, -0.05) is 11.6 Å². The molecule has 0 amide bonds. The van der Waals surface area contributed by atoms with Gasteiger partial charge in [0, 0.05) is 9.93 Å². The highest BCUT2D eigenvalue weighted by Gasteiger charge is 2.08. The van der Waals surface area contributed by atoms with Crippen molar-refractivity contribution in [2.45, 2.75) is 0 Å². The van der Waals surface area contributed by atoms with Gasteiger partial charge in [-0.15, -0.1) is 0 Å². The molecule has 8 heteroatoms. The zero-order valence-corrected chi connectivity index (χ0v) is 8.23. The molecule has 0 spiro atoms. The molecule has 0 aliphatic heterocycles. The van der Waals surface area contributed by atoms with E-state index in [9.17, 15) is 8.42 Å². The Labute approximate surface area is 85.0 Å². The smallest absolute Gasteiger partial charge is 0.377 e. The number of halogens is 1. The lowest BCUT2D eigenvalue weighted by atomic mass is 10.3. The van der Waals surface area contributed by atoms with Crippen molar-refractivity contribution in [3.05, 3.63) is 39.7 Å². The summed E-state index contributed by atoms with van der Waals surface area (Å²) in [6, 6.07) is 5.57. The van der Waals surface area contributed by atoms with Crippen molar-refractivity contribution in [3.8, 4) is 5.75 Å². The number of nitrogens with zero attached hydrogens (tertiary/aromatic N) is 3. The Morgan fingerprint density at radius 2 is 1.93 bits per heavy atom. The lowest BCUT2D eigenvalue weighted by Gasteiger charge is -2.00. The van der Waals surface area contributed by atoms with Gasteiger partial charge in [0.25, 0.3) is 0 Å². The molecule has 0 saturated carbocycles. The first-order valence-corrected chi connectivity index (χ1v) is 5.04. The van der Waals surface area contributed by atoms with Crippen LogP contribution in [0.2, 0.25) is 5.02 Å². The van der Waals surface area contributed by atoms with Gasteiger partial charge < -0.3 is 4.18 Å². The van der Waals surface area contributed by atoms with Crippen LogP contribution < -0.4 is 4.18 Å². The number of azide groups is 1. The van der Waals surface area contributed by atoms with Crippen LogP contribution in [-0.4, -0.2) is 8.42 Å². The van der Waals surface area contributed by atoms with E-state index >= 15 is 0 Å². The van der Waals surface area contributed by atoms with E-state index in [1.807, 2.05) is 0 Å². The number of hydrogen-bond donors (Lipinski definition) is 0. The maximum atomic E-state index is 10.8. The van der Waals surface area contributed by atoms with E-state index in [1.165, 1.54) is 24.3 Å². The van der Waals surface area contributed by atoms with Crippen molar-refractivity contribution in [2.24, 2.45) is 4.52 Å². The maximum absolute atomic E-state index is 10.8. The van der Waals surface area contributed by atoms with Crippen molar-refractivity contribution in [3.63, 3.8) is 0 Å². The second-order valence-electron chi connectivity index (χ2n) is 2.14. The molecule has 0 heterocycles. The van der Waals surface area contributed by atoms with Crippen molar-refractivity contribution in [1.29, 1.82) is 0 Å². The highest BCUT2D eigenvalue weighted by molar-refractivity contribution is 7.85. The van der Waals surface area contributed by atoms with Gasteiger partial charge in [-0.05, 0) is 29.8 Å². The van der Waals surface area contributed by atoms with Gasteiger partial charge >= 0.3 is 10.3 Å². The molecule has 0 fully saturated rings. The fourth-order valence-corrected chi connectivity index (χ4v) is 1.28. The Bertz CT molecular complexity index is 464. The maximum Gasteiger partial charge on any atom is 0.403 e. The van der Waals surface area contributed by atoms with Crippen LogP contribution >= 0.6 is 11.6 Å². The van der Waals surface area contributed by atoms with Gasteiger partial charge in [-0.25, -0.2) is 0 Å².